The third-order valence-corrected chi connectivity index (χ3v) is 3.49. The van der Waals surface area contributed by atoms with Gasteiger partial charge in [-0.25, -0.2) is 0 Å². The molecule has 1 aromatic rings. The molecule has 1 aliphatic heterocycles. The third kappa shape index (κ3) is 4.49. The average molecular weight is 264 g/mol. The summed E-state index contributed by atoms with van der Waals surface area (Å²) in [5.74, 6) is 0.935. The highest BCUT2D eigenvalue weighted by Gasteiger charge is 2.08. The van der Waals surface area contributed by atoms with Crippen molar-refractivity contribution in [3.8, 4) is 5.75 Å². The molecule has 2 rings (SSSR count). The first-order valence-corrected chi connectivity index (χ1v) is 6.94. The van der Waals surface area contributed by atoms with Crippen LogP contribution in [0.2, 0.25) is 0 Å². The zero-order chi connectivity index (χ0) is 13.5. The van der Waals surface area contributed by atoms with Gasteiger partial charge in [-0.3, -0.25) is 4.90 Å². The van der Waals surface area contributed by atoms with Crippen LogP contribution in [0.4, 0.5) is 0 Å². The summed E-state index contributed by atoms with van der Waals surface area (Å²) in [4.78, 5) is 2.44. The second kappa shape index (κ2) is 7.48. The van der Waals surface area contributed by atoms with Gasteiger partial charge < -0.3 is 14.8 Å². The minimum atomic E-state index is 0.678. The van der Waals surface area contributed by atoms with E-state index in [2.05, 4.69) is 29.3 Å². The van der Waals surface area contributed by atoms with Crippen LogP contribution in [0.3, 0.4) is 0 Å². The van der Waals surface area contributed by atoms with Gasteiger partial charge in [0.05, 0.1) is 20.3 Å². The molecule has 0 unspecified atom stereocenters. The van der Waals surface area contributed by atoms with Crippen molar-refractivity contribution >= 4 is 0 Å². The summed E-state index contributed by atoms with van der Waals surface area (Å²) in [5, 5.41) is 3.35. The first-order chi connectivity index (χ1) is 9.29. The number of methoxy groups -OCH3 is 1. The summed E-state index contributed by atoms with van der Waals surface area (Å²) in [7, 11) is 1.70. The monoisotopic (exact) mass is 264 g/mol. The molecular formula is C15H24N2O2. The van der Waals surface area contributed by atoms with Crippen molar-refractivity contribution in [1.82, 2.24) is 10.2 Å². The van der Waals surface area contributed by atoms with Gasteiger partial charge in [0.15, 0.2) is 0 Å². The summed E-state index contributed by atoms with van der Waals surface area (Å²) in [6.07, 6.45) is 0. The molecule has 1 heterocycles. The second-order valence-electron chi connectivity index (χ2n) is 4.95. The number of ether oxygens (including phenoxy) is 2. The fourth-order valence-electron chi connectivity index (χ4n) is 2.35. The number of aryl methyl sites for hydroxylation is 1. The van der Waals surface area contributed by atoms with E-state index >= 15 is 0 Å². The fourth-order valence-corrected chi connectivity index (χ4v) is 2.35. The maximum Gasteiger partial charge on any atom is 0.121 e. The van der Waals surface area contributed by atoms with Crippen molar-refractivity contribution in [3.05, 3.63) is 29.3 Å². The van der Waals surface area contributed by atoms with E-state index in [1.54, 1.807) is 7.11 Å². The molecule has 4 nitrogen and oxygen atoms in total. The molecule has 0 aliphatic carbocycles. The highest BCUT2D eigenvalue weighted by molar-refractivity contribution is 5.35. The summed E-state index contributed by atoms with van der Waals surface area (Å²) in [5.41, 5.74) is 2.37. The molecule has 0 bridgehead atoms. The van der Waals surface area contributed by atoms with Crippen LogP contribution in [-0.2, 0) is 11.3 Å². The lowest BCUT2D eigenvalue weighted by Crippen LogP contribution is -2.44. The van der Waals surface area contributed by atoms with Crippen molar-refractivity contribution < 1.29 is 9.47 Å². The Hall–Kier alpha value is -1.10. The minimum Gasteiger partial charge on any atom is -0.496 e. The van der Waals surface area contributed by atoms with Crippen LogP contribution in [0.25, 0.3) is 0 Å². The lowest BCUT2D eigenvalue weighted by atomic mass is 10.1. The molecule has 0 radical (unpaired) electrons. The number of nitrogens with one attached hydrogen (secondary N) is 1. The number of piperazine rings is 1. The van der Waals surface area contributed by atoms with Crippen molar-refractivity contribution in [1.29, 1.82) is 0 Å². The van der Waals surface area contributed by atoms with E-state index < -0.39 is 0 Å². The highest BCUT2D eigenvalue weighted by atomic mass is 16.5. The van der Waals surface area contributed by atoms with Crippen molar-refractivity contribution in [2.75, 3.05) is 46.4 Å². The largest absolute Gasteiger partial charge is 0.496 e. The number of rotatable bonds is 6. The first kappa shape index (κ1) is 14.3. The Kier molecular flexibility index (Phi) is 5.63. The van der Waals surface area contributed by atoms with Crippen LogP contribution in [0.5, 0.6) is 5.75 Å². The molecule has 1 aromatic carbocycles. The predicted octanol–water partition coefficient (Wildman–Crippen LogP) is 1.43. The average Bonchev–Trinajstić information content (AvgIpc) is 2.45. The van der Waals surface area contributed by atoms with Crippen molar-refractivity contribution in [2.45, 2.75) is 13.5 Å². The maximum absolute atomic E-state index is 5.75. The van der Waals surface area contributed by atoms with Gasteiger partial charge in [-0.1, -0.05) is 12.1 Å². The smallest absolute Gasteiger partial charge is 0.121 e. The molecule has 1 fully saturated rings. The zero-order valence-electron chi connectivity index (χ0n) is 11.9. The van der Waals surface area contributed by atoms with Gasteiger partial charge in [0.25, 0.3) is 0 Å². The molecule has 0 amide bonds. The number of nitrogens with zero attached hydrogens (tertiary/aromatic N) is 1. The van der Waals surface area contributed by atoms with Crippen molar-refractivity contribution in [2.24, 2.45) is 0 Å². The van der Waals surface area contributed by atoms with Gasteiger partial charge in [0.2, 0.25) is 0 Å². The zero-order valence-corrected chi connectivity index (χ0v) is 11.9. The molecule has 106 valence electrons. The molecule has 4 heteroatoms. The Balaban J connectivity index is 1.69. The van der Waals surface area contributed by atoms with E-state index in [-0.39, 0.29) is 0 Å². The van der Waals surface area contributed by atoms with E-state index in [0.717, 1.165) is 50.6 Å². The van der Waals surface area contributed by atoms with E-state index in [0.29, 0.717) is 6.61 Å². The van der Waals surface area contributed by atoms with Crippen LogP contribution in [0.1, 0.15) is 11.1 Å². The van der Waals surface area contributed by atoms with Crippen LogP contribution >= 0.6 is 0 Å². The van der Waals surface area contributed by atoms with Gasteiger partial charge in [-0.2, -0.15) is 0 Å². The van der Waals surface area contributed by atoms with E-state index in [1.165, 1.54) is 5.56 Å². The molecule has 1 aliphatic rings. The lowest BCUT2D eigenvalue weighted by Gasteiger charge is -2.26. The van der Waals surface area contributed by atoms with Gasteiger partial charge in [0, 0.05) is 32.7 Å². The van der Waals surface area contributed by atoms with Crippen LogP contribution < -0.4 is 10.1 Å². The molecule has 1 saturated heterocycles. The second-order valence-corrected chi connectivity index (χ2v) is 4.95. The highest BCUT2D eigenvalue weighted by Crippen LogP contribution is 2.18. The maximum atomic E-state index is 5.75. The molecule has 1 N–H and O–H groups in total. The number of hydrogen-bond donors (Lipinski definition) is 1. The fraction of sp³-hybridized carbons (Fsp3) is 0.600. The van der Waals surface area contributed by atoms with Crippen LogP contribution in [0.15, 0.2) is 18.2 Å². The Labute approximate surface area is 115 Å². The molecule has 0 atom stereocenters. The third-order valence-electron chi connectivity index (χ3n) is 3.49. The Bertz CT molecular complexity index is 390. The van der Waals surface area contributed by atoms with Crippen LogP contribution in [-0.4, -0.2) is 51.3 Å². The summed E-state index contributed by atoms with van der Waals surface area (Å²) < 4.78 is 11.0. The number of benzene rings is 1. The molecule has 19 heavy (non-hydrogen) atoms. The molecule has 0 saturated carbocycles. The number of hydrogen-bond acceptors (Lipinski definition) is 4. The Morgan fingerprint density at radius 3 is 2.74 bits per heavy atom. The first-order valence-electron chi connectivity index (χ1n) is 6.94. The van der Waals surface area contributed by atoms with Gasteiger partial charge in [0.1, 0.15) is 5.75 Å². The van der Waals surface area contributed by atoms with Gasteiger partial charge >= 0.3 is 0 Å². The van der Waals surface area contributed by atoms with E-state index in [9.17, 15) is 0 Å². The summed E-state index contributed by atoms with van der Waals surface area (Å²) >= 11 is 0. The van der Waals surface area contributed by atoms with Gasteiger partial charge in [-0.15, -0.1) is 0 Å². The summed E-state index contributed by atoms with van der Waals surface area (Å²) in [6, 6.07) is 6.20. The quantitative estimate of drug-likeness (QED) is 0.788. The topological polar surface area (TPSA) is 33.7 Å². The van der Waals surface area contributed by atoms with E-state index in [4.69, 9.17) is 9.47 Å². The minimum absolute atomic E-state index is 0.678. The van der Waals surface area contributed by atoms with Crippen molar-refractivity contribution in [3.63, 3.8) is 0 Å². The summed E-state index contributed by atoms with van der Waals surface area (Å²) in [6.45, 7) is 9.01. The normalized spacial score (nSPS) is 16.5. The van der Waals surface area contributed by atoms with Gasteiger partial charge in [-0.05, 0) is 24.1 Å². The molecule has 0 spiro atoms. The lowest BCUT2D eigenvalue weighted by molar-refractivity contribution is 0.0885. The standard InChI is InChI=1S/C15H24N2O2/c1-13-11-14(3-4-15(13)18-2)12-19-10-9-17-7-5-16-6-8-17/h3-4,11,16H,5-10,12H2,1-2H3. The molecular weight excluding hydrogens is 240 g/mol. The van der Waals surface area contributed by atoms with E-state index in [1.807, 2.05) is 6.07 Å². The van der Waals surface area contributed by atoms with Crippen LogP contribution in [0, 0.1) is 6.92 Å². The predicted molar refractivity (Wildman–Crippen MR) is 76.7 cm³/mol. The SMILES string of the molecule is COc1ccc(COCCN2CCNCC2)cc1C. The Morgan fingerprint density at radius 1 is 1.26 bits per heavy atom. The Morgan fingerprint density at radius 2 is 2.05 bits per heavy atom. The molecule has 0 aromatic heterocycles.